The molecule has 3 atom stereocenters. The van der Waals surface area contributed by atoms with E-state index in [1.165, 1.54) is 6.07 Å². The Labute approximate surface area is 182 Å². The summed E-state index contributed by atoms with van der Waals surface area (Å²) in [4.78, 5) is 1.22. The van der Waals surface area contributed by atoms with Crippen LogP contribution in [0.5, 0.6) is 0 Å². The van der Waals surface area contributed by atoms with Gasteiger partial charge in [0.2, 0.25) is 0 Å². The van der Waals surface area contributed by atoms with Crippen LogP contribution < -0.4 is 4.72 Å². The lowest BCUT2D eigenvalue weighted by Gasteiger charge is -2.15. The third-order valence-electron chi connectivity index (χ3n) is 4.80. The second-order valence-corrected chi connectivity index (χ2v) is 9.68. The lowest BCUT2D eigenvalue weighted by molar-refractivity contribution is 0.624. The van der Waals surface area contributed by atoms with Gasteiger partial charge in [-0.1, -0.05) is 54.6 Å². The summed E-state index contributed by atoms with van der Waals surface area (Å²) in [6.07, 6.45) is 1.58. The molecule has 0 amide bonds. The Kier molecular flexibility index (Phi) is 7.13. The second-order valence-electron chi connectivity index (χ2n) is 7.09. The Morgan fingerprint density at radius 2 is 1.67 bits per heavy atom. The smallest absolute Gasteiger partial charge is 0.131 e. The molecule has 3 aromatic carbocycles. The van der Waals surface area contributed by atoms with Crippen molar-refractivity contribution in [3.63, 3.8) is 0 Å². The molecule has 3 rings (SSSR count). The third-order valence-corrected chi connectivity index (χ3v) is 6.94. The quantitative estimate of drug-likeness (QED) is 0.540. The maximum Gasteiger partial charge on any atom is 0.131 e. The fraction of sp³-hybridized carbons (Fsp3) is 0.167. The minimum atomic E-state index is -1.46. The fourth-order valence-electron chi connectivity index (χ4n) is 3.22. The van der Waals surface area contributed by atoms with Crippen LogP contribution in [0.25, 0.3) is 5.57 Å². The molecule has 3 nitrogen and oxygen atoms in total. The van der Waals surface area contributed by atoms with Gasteiger partial charge in [0.15, 0.2) is 0 Å². The van der Waals surface area contributed by atoms with E-state index in [2.05, 4.69) is 11.3 Å². The molecule has 0 fully saturated rings. The molecule has 0 saturated heterocycles. The molecule has 1 N–H and O–H groups in total. The number of aryl methyl sites for hydroxylation is 1. The van der Waals surface area contributed by atoms with Crippen molar-refractivity contribution in [2.24, 2.45) is 0 Å². The zero-order valence-corrected chi connectivity index (χ0v) is 18.8. The summed E-state index contributed by atoms with van der Waals surface area (Å²) in [5.41, 5.74) is 3.49. The zero-order valence-electron chi connectivity index (χ0n) is 17.1. The van der Waals surface area contributed by atoms with Crippen molar-refractivity contribution >= 4 is 27.4 Å². The van der Waals surface area contributed by atoms with Gasteiger partial charge in [-0.15, -0.1) is 0 Å². The van der Waals surface area contributed by atoms with Gasteiger partial charge in [0.05, 0.1) is 26.7 Å². The molecule has 30 heavy (non-hydrogen) atoms. The first kappa shape index (κ1) is 22.3. The largest absolute Gasteiger partial charge is 0.249 e. The first-order valence-corrected chi connectivity index (χ1v) is 12.1. The molecular weight excluding hydrogens is 417 g/mol. The van der Waals surface area contributed by atoms with Crippen LogP contribution in [0.3, 0.4) is 0 Å². The molecule has 0 spiro atoms. The average Bonchev–Trinajstić information content (AvgIpc) is 2.72. The van der Waals surface area contributed by atoms with Crippen LogP contribution in [0.4, 0.5) is 4.39 Å². The van der Waals surface area contributed by atoms with E-state index in [4.69, 9.17) is 0 Å². The van der Waals surface area contributed by atoms with E-state index in [1.54, 1.807) is 36.6 Å². The molecule has 3 aromatic rings. The number of halogens is 1. The summed E-state index contributed by atoms with van der Waals surface area (Å²) in [6, 6.07) is 19.3. The maximum absolute atomic E-state index is 14.3. The highest BCUT2D eigenvalue weighted by Gasteiger charge is 2.17. The molecule has 0 aliphatic heterocycles. The van der Waals surface area contributed by atoms with E-state index < -0.39 is 21.8 Å². The van der Waals surface area contributed by atoms with Gasteiger partial charge in [0, 0.05) is 22.8 Å². The SMILES string of the molecule is C=C(c1ccccc1F)c1cc(C)ccc1S(=O)c1ccc([C@H](C)NS(C)=O)cc1. The Morgan fingerprint density at radius 3 is 2.30 bits per heavy atom. The standard InChI is InChI=1S/C24H24FNO2S2/c1-16-9-14-24(22(15-16)17(2)21-7-5-6-8-23(21)25)30(28)20-12-10-19(11-13-20)18(3)26-29(4)27/h5-15,18,26H,2H2,1,3-4H3/t18-,29?,30?/m0/s1. The lowest BCUT2D eigenvalue weighted by Crippen LogP contribution is -2.19. The van der Waals surface area contributed by atoms with Gasteiger partial charge in [-0.2, -0.15) is 0 Å². The highest BCUT2D eigenvalue weighted by molar-refractivity contribution is 7.85. The fourth-order valence-corrected chi connectivity index (χ4v) is 5.06. The Balaban J connectivity index is 1.96. The number of rotatable bonds is 7. The molecule has 0 aliphatic carbocycles. The predicted molar refractivity (Wildman–Crippen MR) is 122 cm³/mol. The first-order chi connectivity index (χ1) is 14.3. The van der Waals surface area contributed by atoms with Crippen LogP contribution in [0.15, 0.2) is 83.1 Å². The Bertz CT molecular complexity index is 1130. The van der Waals surface area contributed by atoms with Crippen LogP contribution in [0, 0.1) is 12.7 Å². The summed E-state index contributed by atoms with van der Waals surface area (Å²) < 4.78 is 42.0. The summed E-state index contributed by atoms with van der Waals surface area (Å²) in [7, 11) is -2.58. The molecule has 0 aliphatic rings. The van der Waals surface area contributed by atoms with Gasteiger partial charge in [-0.25, -0.2) is 17.5 Å². The van der Waals surface area contributed by atoms with Gasteiger partial charge >= 0.3 is 0 Å². The molecule has 0 saturated carbocycles. The molecular formula is C24H24FNO2S2. The topological polar surface area (TPSA) is 46.2 Å². The van der Waals surface area contributed by atoms with Crippen LogP contribution in [-0.4, -0.2) is 14.7 Å². The normalized spacial score (nSPS) is 14.1. The molecule has 6 heteroatoms. The van der Waals surface area contributed by atoms with Gasteiger partial charge in [0.1, 0.15) is 5.82 Å². The van der Waals surface area contributed by atoms with Gasteiger partial charge in [-0.3, -0.25) is 0 Å². The van der Waals surface area contributed by atoms with E-state index in [-0.39, 0.29) is 11.9 Å². The number of hydrogen-bond acceptors (Lipinski definition) is 2. The molecule has 156 valence electrons. The molecule has 0 heterocycles. The minimum Gasteiger partial charge on any atom is -0.249 e. The summed E-state index contributed by atoms with van der Waals surface area (Å²) in [5, 5.41) is 0. The van der Waals surface area contributed by atoms with Gasteiger partial charge in [0.25, 0.3) is 0 Å². The summed E-state index contributed by atoms with van der Waals surface area (Å²) >= 11 is 0. The Morgan fingerprint density at radius 1 is 1.00 bits per heavy atom. The van der Waals surface area contributed by atoms with Crippen molar-refractivity contribution in [2.45, 2.75) is 29.7 Å². The summed E-state index contributed by atoms with van der Waals surface area (Å²) in [6.45, 7) is 7.94. The van der Waals surface area contributed by atoms with Crippen LogP contribution in [-0.2, 0) is 21.8 Å². The van der Waals surface area contributed by atoms with Crippen molar-refractivity contribution < 1.29 is 12.8 Å². The van der Waals surface area contributed by atoms with E-state index in [0.29, 0.717) is 26.5 Å². The van der Waals surface area contributed by atoms with E-state index in [9.17, 15) is 12.8 Å². The van der Waals surface area contributed by atoms with Crippen molar-refractivity contribution in [2.75, 3.05) is 6.26 Å². The highest BCUT2D eigenvalue weighted by atomic mass is 32.2. The second kappa shape index (κ2) is 9.60. The first-order valence-electron chi connectivity index (χ1n) is 9.44. The number of benzene rings is 3. The highest BCUT2D eigenvalue weighted by Crippen LogP contribution is 2.31. The van der Waals surface area contributed by atoms with Crippen molar-refractivity contribution in [1.29, 1.82) is 0 Å². The predicted octanol–water partition coefficient (Wildman–Crippen LogP) is 5.31. The maximum atomic E-state index is 14.3. The molecule has 2 unspecified atom stereocenters. The van der Waals surface area contributed by atoms with Crippen molar-refractivity contribution in [3.05, 3.63) is 101 Å². The van der Waals surface area contributed by atoms with Crippen molar-refractivity contribution in [1.82, 2.24) is 4.72 Å². The minimum absolute atomic E-state index is 0.0888. The summed E-state index contributed by atoms with van der Waals surface area (Å²) in [5.74, 6) is -0.361. The third kappa shape index (κ3) is 5.01. The van der Waals surface area contributed by atoms with E-state index >= 15 is 0 Å². The number of nitrogens with one attached hydrogen (secondary N) is 1. The van der Waals surface area contributed by atoms with Gasteiger partial charge in [-0.05, 0) is 54.8 Å². The average molecular weight is 442 g/mol. The monoisotopic (exact) mass is 441 g/mol. The van der Waals surface area contributed by atoms with Crippen LogP contribution in [0.2, 0.25) is 0 Å². The van der Waals surface area contributed by atoms with Crippen molar-refractivity contribution in [3.8, 4) is 0 Å². The van der Waals surface area contributed by atoms with E-state index in [0.717, 1.165) is 11.1 Å². The van der Waals surface area contributed by atoms with E-state index in [1.807, 2.05) is 44.2 Å². The number of hydrogen-bond donors (Lipinski definition) is 1. The zero-order chi connectivity index (χ0) is 21.8. The van der Waals surface area contributed by atoms with Gasteiger partial charge < -0.3 is 0 Å². The molecule has 0 aromatic heterocycles. The van der Waals surface area contributed by atoms with Crippen LogP contribution >= 0.6 is 0 Å². The van der Waals surface area contributed by atoms with Crippen LogP contribution in [0.1, 0.15) is 35.2 Å². The molecule has 0 radical (unpaired) electrons. The lowest BCUT2D eigenvalue weighted by atomic mass is 9.98. The Hall–Kier alpha value is -2.41. The molecule has 0 bridgehead atoms.